The fraction of sp³-hybridized carbons (Fsp3) is 0.208. The number of ether oxygens (including phenoxy) is 1. The van der Waals surface area contributed by atoms with Crippen LogP contribution in [0, 0.1) is 22.7 Å². The Balaban J connectivity index is 1.86. The van der Waals surface area contributed by atoms with E-state index in [1.165, 1.54) is 6.26 Å². The van der Waals surface area contributed by atoms with Crippen LogP contribution < -0.4 is 11.1 Å². The second-order valence-corrected chi connectivity index (χ2v) is 8.12. The second-order valence-electron chi connectivity index (χ2n) is 6.93. The highest BCUT2D eigenvalue weighted by atomic mass is 32.2. The number of hydrogen-bond donors (Lipinski definition) is 2. The minimum atomic E-state index is -0.610. The lowest BCUT2D eigenvalue weighted by molar-refractivity contribution is -0.115. The Labute approximate surface area is 200 Å². The zero-order valence-corrected chi connectivity index (χ0v) is 19.3. The minimum absolute atomic E-state index is 0.0371. The van der Waals surface area contributed by atoms with Gasteiger partial charge < -0.3 is 20.2 Å². The van der Waals surface area contributed by atoms with Crippen molar-refractivity contribution in [3.8, 4) is 23.5 Å². The normalized spacial score (nSPS) is 11.2. The molecule has 1 atom stereocenters. The summed E-state index contributed by atoms with van der Waals surface area (Å²) in [6, 6.07) is 13.6. The number of nitriles is 2. The van der Waals surface area contributed by atoms with E-state index in [-0.39, 0.29) is 40.0 Å². The number of aromatic nitrogens is 1. The van der Waals surface area contributed by atoms with Crippen LogP contribution in [0.5, 0.6) is 0 Å². The number of nitrogens with zero attached hydrogens (tertiary/aromatic N) is 3. The molecule has 0 radical (unpaired) electrons. The summed E-state index contributed by atoms with van der Waals surface area (Å²) < 4.78 is 10.4. The summed E-state index contributed by atoms with van der Waals surface area (Å²) in [7, 11) is 0. The van der Waals surface area contributed by atoms with E-state index >= 15 is 0 Å². The fourth-order valence-corrected chi connectivity index (χ4v) is 4.15. The van der Waals surface area contributed by atoms with Crippen LogP contribution in [0.25, 0.3) is 11.3 Å². The van der Waals surface area contributed by atoms with Gasteiger partial charge in [0.2, 0.25) is 5.91 Å². The molecule has 0 spiro atoms. The largest absolute Gasteiger partial charge is 0.464 e. The maximum atomic E-state index is 13.0. The molecule has 9 nitrogen and oxygen atoms in total. The molecule has 1 aromatic carbocycles. The van der Waals surface area contributed by atoms with Crippen LogP contribution in [0.1, 0.15) is 41.8 Å². The van der Waals surface area contributed by atoms with Crippen molar-refractivity contribution in [2.75, 3.05) is 17.7 Å². The number of amides is 1. The van der Waals surface area contributed by atoms with Gasteiger partial charge in [-0.2, -0.15) is 10.5 Å². The van der Waals surface area contributed by atoms with Crippen LogP contribution in [0.4, 0.5) is 11.5 Å². The monoisotopic (exact) mass is 475 g/mol. The Kier molecular flexibility index (Phi) is 7.91. The molecule has 0 aliphatic carbocycles. The Bertz CT molecular complexity index is 1270. The number of carbonyl (C=O) groups is 2. The maximum absolute atomic E-state index is 13.0. The van der Waals surface area contributed by atoms with Crippen molar-refractivity contribution < 1.29 is 18.7 Å². The first-order valence-corrected chi connectivity index (χ1v) is 11.2. The van der Waals surface area contributed by atoms with Crippen molar-refractivity contribution >= 4 is 35.1 Å². The van der Waals surface area contributed by atoms with Gasteiger partial charge >= 0.3 is 5.97 Å². The first kappa shape index (κ1) is 24.4. The van der Waals surface area contributed by atoms with Gasteiger partial charge in [-0.1, -0.05) is 18.7 Å². The molecule has 3 N–H and O–H groups in total. The minimum Gasteiger partial charge on any atom is -0.464 e. The van der Waals surface area contributed by atoms with E-state index in [9.17, 15) is 20.1 Å². The lowest BCUT2D eigenvalue weighted by Gasteiger charge is -2.17. The van der Waals surface area contributed by atoms with E-state index in [1.54, 1.807) is 43.3 Å². The standard InChI is InChI=1S/C24H21N5O4S/c1-3-19(22(30)28-15-9-7-14(8-10-15)24(31)32-4-2)34-23-17(13-26)20(18-6-5-11-33-18)16(12-25)21(27)29-23/h5-11,19H,3-4H2,1-2H3,(H2,27,29)(H,28,30). The number of nitrogen functional groups attached to an aromatic ring is 1. The SMILES string of the molecule is CCOC(=O)c1ccc(NC(=O)C(CC)Sc2nc(N)c(C#N)c(-c3ccco3)c2C#N)cc1. The quantitative estimate of drug-likeness (QED) is 0.357. The summed E-state index contributed by atoms with van der Waals surface area (Å²) >= 11 is 1.08. The molecule has 0 fully saturated rings. The molecule has 0 aliphatic heterocycles. The van der Waals surface area contributed by atoms with Gasteiger partial charge in [-0.15, -0.1) is 0 Å². The number of furan rings is 1. The van der Waals surface area contributed by atoms with Crippen molar-refractivity contribution in [2.24, 2.45) is 0 Å². The van der Waals surface area contributed by atoms with Crippen LogP contribution in [0.3, 0.4) is 0 Å². The van der Waals surface area contributed by atoms with Gasteiger partial charge in [0.1, 0.15) is 34.3 Å². The number of nitrogens with two attached hydrogens (primary N) is 1. The van der Waals surface area contributed by atoms with Crippen LogP contribution in [0.2, 0.25) is 0 Å². The average Bonchev–Trinajstić information content (AvgIpc) is 3.37. The average molecular weight is 476 g/mol. The summed E-state index contributed by atoms with van der Waals surface area (Å²) in [5.74, 6) is -0.503. The number of benzene rings is 1. The van der Waals surface area contributed by atoms with E-state index in [0.717, 1.165) is 11.8 Å². The summed E-state index contributed by atoms with van der Waals surface area (Å²) in [5.41, 5.74) is 7.27. The Morgan fingerprint density at radius 1 is 1.18 bits per heavy atom. The van der Waals surface area contributed by atoms with Crippen molar-refractivity contribution in [1.82, 2.24) is 4.98 Å². The summed E-state index contributed by atoms with van der Waals surface area (Å²) in [6.07, 6.45) is 1.86. The van der Waals surface area contributed by atoms with Crippen LogP contribution >= 0.6 is 11.8 Å². The lowest BCUT2D eigenvalue weighted by Crippen LogP contribution is -2.25. The van der Waals surface area contributed by atoms with Crippen LogP contribution in [0.15, 0.2) is 52.1 Å². The van der Waals surface area contributed by atoms with Crippen LogP contribution in [-0.4, -0.2) is 28.7 Å². The number of pyridine rings is 1. The predicted molar refractivity (Wildman–Crippen MR) is 127 cm³/mol. The number of rotatable bonds is 8. The second kappa shape index (κ2) is 11.0. The lowest BCUT2D eigenvalue weighted by atomic mass is 10.0. The van der Waals surface area contributed by atoms with Gasteiger partial charge in [0, 0.05) is 5.69 Å². The molecule has 0 bridgehead atoms. The smallest absolute Gasteiger partial charge is 0.338 e. The molecule has 0 aliphatic rings. The maximum Gasteiger partial charge on any atom is 0.338 e. The molecule has 3 rings (SSSR count). The molecule has 1 amide bonds. The van der Waals surface area contributed by atoms with E-state index in [0.29, 0.717) is 23.4 Å². The number of carbonyl (C=O) groups excluding carboxylic acids is 2. The zero-order chi connectivity index (χ0) is 24.7. The number of esters is 1. The molecule has 3 aromatic rings. The third-order valence-corrected chi connectivity index (χ3v) is 6.11. The number of anilines is 2. The van der Waals surface area contributed by atoms with Gasteiger partial charge in [-0.05, 0) is 49.7 Å². The topological polar surface area (TPSA) is 155 Å². The Morgan fingerprint density at radius 3 is 2.44 bits per heavy atom. The molecule has 0 saturated carbocycles. The van der Waals surface area contributed by atoms with Crippen molar-refractivity contribution in [1.29, 1.82) is 10.5 Å². The highest BCUT2D eigenvalue weighted by molar-refractivity contribution is 8.00. The van der Waals surface area contributed by atoms with Gasteiger partial charge in [0.05, 0.1) is 34.8 Å². The molecule has 172 valence electrons. The highest BCUT2D eigenvalue weighted by Crippen LogP contribution is 2.37. The van der Waals surface area contributed by atoms with Crippen molar-refractivity contribution in [3.05, 3.63) is 59.4 Å². The van der Waals surface area contributed by atoms with E-state index in [1.807, 2.05) is 13.0 Å². The predicted octanol–water partition coefficient (Wildman–Crippen LogP) is 4.35. The molecule has 10 heteroatoms. The molecular formula is C24H21N5O4S. The first-order valence-electron chi connectivity index (χ1n) is 10.4. The van der Waals surface area contributed by atoms with Gasteiger partial charge in [-0.3, -0.25) is 4.79 Å². The van der Waals surface area contributed by atoms with E-state index in [4.69, 9.17) is 14.9 Å². The van der Waals surface area contributed by atoms with Gasteiger partial charge in [0.25, 0.3) is 0 Å². The summed E-state index contributed by atoms with van der Waals surface area (Å²) in [6.45, 7) is 3.82. The molecule has 1 unspecified atom stereocenters. The third kappa shape index (κ3) is 5.20. The number of nitrogens with one attached hydrogen (secondary N) is 1. The van der Waals surface area contributed by atoms with E-state index in [2.05, 4.69) is 16.4 Å². The van der Waals surface area contributed by atoms with Gasteiger partial charge in [-0.25, -0.2) is 9.78 Å². The van der Waals surface area contributed by atoms with E-state index < -0.39 is 11.2 Å². The molecule has 0 saturated heterocycles. The van der Waals surface area contributed by atoms with Crippen LogP contribution in [-0.2, 0) is 9.53 Å². The van der Waals surface area contributed by atoms with Crippen molar-refractivity contribution in [2.45, 2.75) is 30.5 Å². The van der Waals surface area contributed by atoms with Gasteiger partial charge in [0.15, 0.2) is 0 Å². The Hall–Kier alpha value is -4.28. The van der Waals surface area contributed by atoms with Crippen molar-refractivity contribution in [3.63, 3.8) is 0 Å². The molecule has 2 aromatic heterocycles. The molecular weight excluding hydrogens is 454 g/mol. The Morgan fingerprint density at radius 2 is 1.88 bits per heavy atom. The number of hydrogen-bond acceptors (Lipinski definition) is 9. The molecule has 34 heavy (non-hydrogen) atoms. The highest BCUT2D eigenvalue weighted by Gasteiger charge is 2.26. The third-order valence-electron chi connectivity index (χ3n) is 4.76. The zero-order valence-electron chi connectivity index (χ0n) is 18.5. The first-order chi connectivity index (χ1) is 16.4. The molecule has 2 heterocycles. The summed E-state index contributed by atoms with van der Waals surface area (Å²) in [5, 5.41) is 21.8. The number of thioether (sulfide) groups is 1. The summed E-state index contributed by atoms with van der Waals surface area (Å²) in [4.78, 5) is 29.0. The fourth-order valence-electron chi connectivity index (χ4n) is 3.13.